The van der Waals surface area contributed by atoms with Gasteiger partial charge in [0.1, 0.15) is 11.5 Å². The van der Waals surface area contributed by atoms with E-state index in [9.17, 15) is 18.0 Å². The fraction of sp³-hybridized carbons (Fsp3) is 0.105. The summed E-state index contributed by atoms with van der Waals surface area (Å²) in [6, 6.07) is 12.5. The number of nitrogens with one attached hydrogen (secondary N) is 1. The van der Waals surface area contributed by atoms with Crippen molar-refractivity contribution < 1.29 is 27.4 Å². The second-order valence-electron chi connectivity index (χ2n) is 5.94. The Labute approximate surface area is 161 Å². The van der Waals surface area contributed by atoms with Gasteiger partial charge in [-0.25, -0.2) is 0 Å². The second kappa shape index (κ2) is 6.84. The third-order valence-corrected chi connectivity index (χ3v) is 5.18. The summed E-state index contributed by atoms with van der Waals surface area (Å²) >= 11 is 1.52. The molecule has 0 bridgehead atoms. The van der Waals surface area contributed by atoms with Gasteiger partial charge in [-0.1, -0.05) is 0 Å². The topological polar surface area (TPSA) is 73.6 Å². The number of hydrogen-bond acceptors (Lipinski definition) is 5. The summed E-state index contributed by atoms with van der Waals surface area (Å²) in [5.74, 6) is -0.416. The van der Waals surface area contributed by atoms with Crippen molar-refractivity contribution in [1.29, 1.82) is 0 Å². The maximum atomic E-state index is 12.6. The average molecular weight is 406 g/mol. The van der Waals surface area contributed by atoms with Gasteiger partial charge < -0.3 is 20.5 Å². The highest BCUT2D eigenvalue weighted by molar-refractivity contribution is 7.15. The molecule has 4 rings (SSSR count). The molecule has 0 atom stereocenters. The molecule has 2 heterocycles. The van der Waals surface area contributed by atoms with Gasteiger partial charge in [-0.2, -0.15) is 0 Å². The smallest absolute Gasteiger partial charge is 0.454 e. The number of carbonyl (C=O) groups is 1. The first-order valence-corrected chi connectivity index (χ1v) is 8.96. The van der Waals surface area contributed by atoms with Gasteiger partial charge in [0, 0.05) is 22.4 Å². The number of thiophene rings is 1. The van der Waals surface area contributed by atoms with Crippen molar-refractivity contribution in [3.63, 3.8) is 0 Å². The number of fused-ring (bicyclic) bond motifs is 2. The number of anilines is 1. The van der Waals surface area contributed by atoms with Gasteiger partial charge in [0.25, 0.3) is 5.91 Å². The van der Waals surface area contributed by atoms with Gasteiger partial charge in [0.05, 0.1) is 11.3 Å². The quantitative estimate of drug-likeness (QED) is 0.632. The van der Waals surface area contributed by atoms with Crippen molar-refractivity contribution in [2.24, 2.45) is 5.73 Å². The molecule has 2 aromatic carbocycles. The number of benzene rings is 2. The molecule has 0 fully saturated rings. The van der Waals surface area contributed by atoms with Crippen LogP contribution in [0.15, 0.2) is 48.5 Å². The van der Waals surface area contributed by atoms with E-state index >= 15 is 0 Å². The molecule has 0 saturated carbocycles. The van der Waals surface area contributed by atoms with Crippen LogP contribution in [-0.4, -0.2) is 12.3 Å². The lowest BCUT2D eigenvalue weighted by Gasteiger charge is -2.12. The van der Waals surface area contributed by atoms with E-state index in [1.807, 2.05) is 18.2 Å². The van der Waals surface area contributed by atoms with Crippen LogP contribution in [-0.2, 0) is 6.54 Å². The van der Waals surface area contributed by atoms with E-state index < -0.39 is 18.0 Å². The van der Waals surface area contributed by atoms with E-state index in [1.54, 1.807) is 12.1 Å². The molecule has 9 heteroatoms. The van der Waals surface area contributed by atoms with Crippen LogP contribution < -0.4 is 20.5 Å². The average Bonchev–Trinajstić information content (AvgIpc) is 3.07. The predicted octanol–water partition coefficient (Wildman–Crippen LogP) is 5.13. The monoisotopic (exact) mass is 406 g/mol. The summed E-state index contributed by atoms with van der Waals surface area (Å²) in [4.78, 5) is 14.6. The van der Waals surface area contributed by atoms with Crippen LogP contribution in [0.25, 0.3) is 10.4 Å². The summed E-state index contributed by atoms with van der Waals surface area (Å²) in [5, 5.41) is 2.57. The molecule has 144 valence electrons. The maximum Gasteiger partial charge on any atom is 0.573 e. The first-order valence-electron chi connectivity index (χ1n) is 8.14. The zero-order chi connectivity index (χ0) is 19.9. The molecule has 0 saturated heterocycles. The largest absolute Gasteiger partial charge is 0.573 e. The molecular weight excluding hydrogens is 393 g/mol. The number of ether oxygens (including phenoxy) is 2. The molecule has 1 amide bonds. The molecule has 0 unspecified atom stereocenters. The van der Waals surface area contributed by atoms with Gasteiger partial charge in [-0.05, 0) is 48.0 Å². The van der Waals surface area contributed by atoms with Crippen LogP contribution in [0, 0.1) is 0 Å². The number of alkyl halides is 3. The number of amides is 1. The van der Waals surface area contributed by atoms with Crippen LogP contribution in [0.4, 0.5) is 18.9 Å². The number of rotatable bonds is 3. The zero-order valence-electron chi connectivity index (χ0n) is 14.2. The summed E-state index contributed by atoms with van der Waals surface area (Å²) in [6.07, 6.45) is -4.83. The Balaban J connectivity index is 1.67. The molecule has 0 aliphatic carbocycles. The first-order chi connectivity index (χ1) is 13.3. The van der Waals surface area contributed by atoms with E-state index in [0.29, 0.717) is 12.3 Å². The molecular formula is C19H13F3N2O3S. The number of halogens is 3. The zero-order valence-corrected chi connectivity index (χ0v) is 15.0. The summed E-state index contributed by atoms with van der Waals surface area (Å²) in [6.45, 7) is 0.427. The Morgan fingerprint density at radius 2 is 1.86 bits per heavy atom. The number of nitrogens with two attached hydrogens (primary N) is 1. The fourth-order valence-corrected chi connectivity index (χ4v) is 3.68. The Bertz CT molecular complexity index is 1060. The van der Waals surface area contributed by atoms with Gasteiger partial charge in [-0.3, -0.25) is 4.79 Å². The second-order valence-corrected chi connectivity index (χ2v) is 7.11. The van der Waals surface area contributed by atoms with Crippen molar-refractivity contribution in [2.45, 2.75) is 12.9 Å². The first kappa shape index (κ1) is 18.3. The van der Waals surface area contributed by atoms with Crippen LogP contribution >= 0.6 is 11.3 Å². The third-order valence-electron chi connectivity index (χ3n) is 4.02. The predicted molar refractivity (Wildman–Crippen MR) is 98.8 cm³/mol. The molecule has 3 N–H and O–H groups in total. The highest BCUT2D eigenvalue weighted by Crippen LogP contribution is 2.40. The number of carbonyl (C=O) groups excluding carboxylic acids is 1. The fourth-order valence-electron chi connectivity index (χ4n) is 2.79. The van der Waals surface area contributed by atoms with Crippen LogP contribution in [0.3, 0.4) is 0 Å². The lowest BCUT2D eigenvalue weighted by molar-refractivity contribution is -0.274. The van der Waals surface area contributed by atoms with Gasteiger partial charge in [-0.15, -0.1) is 24.5 Å². The highest BCUT2D eigenvalue weighted by atomic mass is 32.1. The summed E-state index contributed by atoms with van der Waals surface area (Å²) in [7, 11) is 0. The third kappa shape index (κ3) is 3.67. The minimum atomic E-state index is -4.83. The van der Waals surface area contributed by atoms with Crippen molar-refractivity contribution in [3.05, 3.63) is 59.0 Å². The van der Waals surface area contributed by atoms with E-state index in [4.69, 9.17) is 10.5 Å². The highest BCUT2D eigenvalue weighted by Gasteiger charge is 2.32. The van der Waals surface area contributed by atoms with Gasteiger partial charge >= 0.3 is 6.36 Å². The Kier molecular flexibility index (Phi) is 4.48. The Hall–Kier alpha value is -3.04. The number of hydrogen-bond donors (Lipinski definition) is 2. The van der Waals surface area contributed by atoms with Crippen LogP contribution in [0.2, 0.25) is 0 Å². The molecule has 1 aliphatic heterocycles. The normalized spacial score (nSPS) is 13.1. The van der Waals surface area contributed by atoms with Gasteiger partial charge in [0.2, 0.25) is 0 Å². The van der Waals surface area contributed by atoms with E-state index in [-0.39, 0.29) is 17.0 Å². The van der Waals surface area contributed by atoms with Crippen molar-refractivity contribution in [2.75, 3.05) is 5.32 Å². The lowest BCUT2D eigenvalue weighted by atomic mass is 10.1. The van der Waals surface area contributed by atoms with Crippen molar-refractivity contribution in [3.8, 4) is 27.7 Å². The van der Waals surface area contributed by atoms with Crippen LogP contribution in [0.1, 0.15) is 15.2 Å². The summed E-state index contributed by atoms with van der Waals surface area (Å²) < 4.78 is 46.9. The van der Waals surface area contributed by atoms with Crippen LogP contribution in [0.5, 0.6) is 17.2 Å². The molecule has 1 aliphatic rings. The van der Waals surface area contributed by atoms with E-state index in [0.717, 1.165) is 27.5 Å². The molecule has 0 spiro atoms. The minimum absolute atomic E-state index is 0.0889. The molecule has 28 heavy (non-hydrogen) atoms. The lowest BCUT2D eigenvalue weighted by Crippen LogP contribution is -2.17. The molecule has 0 radical (unpaired) electrons. The molecule has 5 nitrogen and oxygen atoms in total. The van der Waals surface area contributed by atoms with E-state index in [2.05, 4.69) is 10.1 Å². The van der Waals surface area contributed by atoms with Crippen molar-refractivity contribution in [1.82, 2.24) is 0 Å². The van der Waals surface area contributed by atoms with Crippen molar-refractivity contribution >= 4 is 22.9 Å². The molecule has 1 aromatic heterocycles. The van der Waals surface area contributed by atoms with Gasteiger partial charge in [0.15, 0.2) is 5.75 Å². The minimum Gasteiger partial charge on any atom is -0.454 e. The standard InChI is InChI=1S/C19H13F3N2O3S/c20-19(21,22)27-11-2-5-16-14(8-11)24-18(25)13-7-10(1-4-15(13)26-16)17-6-3-12(9-23)28-17/h1-8H,9,23H2,(H,24,25). The SMILES string of the molecule is NCc1ccc(-c2ccc3c(c2)C(=O)Nc2cc(OC(F)(F)F)ccc2O3)s1. The Morgan fingerprint density at radius 1 is 1.07 bits per heavy atom. The molecule has 3 aromatic rings. The maximum absolute atomic E-state index is 12.6. The Morgan fingerprint density at radius 3 is 2.57 bits per heavy atom. The van der Waals surface area contributed by atoms with E-state index in [1.165, 1.54) is 17.4 Å². The summed E-state index contributed by atoms with van der Waals surface area (Å²) in [5.41, 5.74) is 6.82.